The van der Waals surface area contributed by atoms with Gasteiger partial charge in [-0.3, -0.25) is 9.97 Å². The minimum absolute atomic E-state index is 0.185. The van der Waals surface area contributed by atoms with Crippen molar-refractivity contribution in [3.05, 3.63) is 41.9 Å². The highest BCUT2D eigenvalue weighted by Crippen LogP contribution is 2.37. The molecule has 0 saturated carbocycles. The fourth-order valence-corrected chi connectivity index (χ4v) is 1.63. The highest BCUT2D eigenvalue weighted by molar-refractivity contribution is 5.65. The van der Waals surface area contributed by atoms with E-state index in [-0.39, 0.29) is 11.3 Å². The molecule has 2 N–H and O–H groups in total. The van der Waals surface area contributed by atoms with Gasteiger partial charge >= 0.3 is 12.4 Å². The number of nitrogens with two attached hydrogens (primary N) is 1. The summed E-state index contributed by atoms with van der Waals surface area (Å²) in [5, 5.41) is 0. The largest absolute Gasteiger partial charge is 0.433 e. The summed E-state index contributed by atoms with van der Waals surface area (Å²) in [7, 11) is 0. The number of pyridine rings is 2. The molecule has 0 bridgehead atoms. The molecule has 0 saturated heterocycles. The van der Waals surface area contributed by atoms with Crippen LogP contribution in [0.25, 0.3) is 11.3 Å². The average Bonchev–Trinajstić information content (AvgIpc) is 2.37. The monoisotopic (exact) mass is 307 g/mol. The minimum Gasteiger partial charge on any atom is -0.397 e. The lowest BCUT2D eigenvalue weighted by atomic mass is 10.1. The normalized spacial score (nSPS) is 12.5. The molecule has 21 heavy (non-hydrogen) atoms. The fourth-order valence-electron chi connectivity index (χ4n) is 1.63. The first-order valence-corrected chi connectivity index (χ1v) is 5.45. The Kier molecular flexibility index (Phi) is 3.52. The molecule has 0 fully saturated rings. The molecular weight excluding hydrogens is 300 g/mol. The summed E-state index contributed by atoms with van der Waals surface area (Å²) in [6, 6.07) is 2.14. The first-order valence-electron chi connectivity index (χ1n) is 5.45. The van der Waals surface area contributed by atoms with E-state index in [2.05, 4.69) is 9.97 Å². The molecule has 0 unspecified atom stereocenters. The third-order valence-electron chi connectivity index (χ3n) is 2.54. The average molecular weight is 307 g/mol. The Labute approximate surface area is 114 Å². The number of hydrogen-bond acceptors (Lipinski definition) is 3. The Morgan fingerprint density at radius 2 is 1.52 bits per heavy atom. The Morgan fingerprint density at radius 1 is 0.857 bits per heavy atom. The molecule has 0 aliphatic heterocycles. The van der Waals surface area contributed by atoms with E-state index >= 15 is 0 Å². The van der Waals surface area contributed by atoms with Crippen molar-refractivity contribution in [3.8, 4) is 11.3 Å². The van der Waals surface area contributed by atoms with Gasteiger partial charge in [0.15, 0.2) is 0 Å². The van der Waals surface area contributed by atoms with E-state index < -0.39 is 29.3 Å². The quantitative estimate of drug-likeness (QED) is 0.816. The maximum absolute atomic E-state index is 12.9. The Hall–Kier alpha value is -2.32. The second-order valence-corrected chi connectivity index (χ2v) is 4.09. The summed E-state index contributed by atoms with van der Waals surface area (Å²) >= 11 is 0. The number of hydrogen-bond donors (Lipinski definition) is 1. The van der Waals surface area contributed by atoms with Gasteiger partial charge < -0.3 is 5.73 Å². The third kappa shape index (κ3) is 3.23. The van der Waals surface area contributed by atoms with E-state index in [0.717, 1.165) is 12.3 Å². The Bertz CT molecular complexity index is 646. The molecule has 0 atom stereocenters. The zero-order chi connectivity index (χ0) is 15.8. The smallest absolute Gasteiger partial charge is 0.397 e. The number of rotatable bonds is 1. The standard InChI is InChI=1S/C12H7F6N3/c13-11(14,15)8-3-7(19)5-21-10(8)6-1-2-9(20-4-6)12(16,17)18/h1-5H,19H2. The number of nitrogens with zero attached hydrogens (tertiary/aromatic N) is 2. The predicted molar refractivity (Wildman–Crippen MR) is 61.9 cm³/mol. The Balaban J connectivity index is 2.52. The molecule has 0 amide bonds. The van der Waals surface area contributed by atoms with Crippen molar-refractivity contribution >= 4 is 5.69 Å². The number of alkyl halides is 6. The zero-order valence-electron chi connectivity index (χ0n) is 10.1. The van der Waals surface area contributed by atoms with E-state index in [1.165, 1.54) is 0 Å². The molecule has 112 valence electrons. The Morgan fingerprint density at radius 3 is 2.00 bits per heavy atom. The van der Waals surface area contributed by atoms with Gasteiger partial charge in [0, 0.05) is 11.8 Å². The maximum Gasteiger partial charge on any atom is 0.433 e. The topological polar surface area (TPSA) is 51.8 Å². The van der Waals surface area contributed by atoms with Crippen LogP contribution in [0.3, 0.4) is 0 Å². The molecule has 9 heteroatoms. The molecule has 2 aromatic rings. The van der Waals surface area contributed by atoms with Crippen molar-refractivity contribution in [2.24, 2.45) is 0 Å². The van der Waals surface area contributed by atoms with Gasteiger partial charge in [0.25, 0.3) is 0 Å². The molecule has 0 aromatic carbocycles. The number of anilines is 1. The summed E-state index contributed by atoms with van der Waals surface area (Å²) in [5.74, 6) is 0. The second-order valence-electron chi connectivity index (χ2n) is 4.09. The van der Waals surface area contributed by atoms with Crippen LogP contribution >= 0.6 is 0 Å². The van der Waals surface area contributed by atoms with Crippen molar-refractivity contribution in [2.75, 3.05) is 5.73 Å². The van der Waals surface area contributed by atoms with E-state index in [0.29, 0.717) is 18.3 Å². The lowest BCUT2D eigenvalue weighted by Gasteiger charge is -2.13. The first-order chi connectivity index (χ1) is 9.59. The third-order valence-corrected chi connectivity index (χ3v) is 2.54. The van der Waals surface area contributed by atoms with Gasteiger partial charge in [-0.2, -0.15) is 26.3 Å². The lowest BCUT2D eigenvalue weighted by Crippen LogP contribution is -2.10. The van der Waals surface area contributed by atoms with E-state index in [1.54, 1.807) is 0 Å². The van der Waals surface area contributed by atoms with Gasteiger partial charge in [0.2, 0.25) is 0 Å². The lowest BCUT2D eigenvalue weighted by molar-refractivity contribution is -0.141. The van der Waals surface area contributed by atoms with Crippen molar-refractivity contribution < 1.29 is 26.3 Å². The van der Waals surface area contributed by atoms with Crippen molar-refractivity contribution in [1.29, 1.82) is 0 Å². The summed E-state index contributed by atoms with van der Waals surface area (Å²) in [4.78, 5) is 6.65. The zero-order valence-corrected chi connectivity index (χ0v) is 10.1. The van der Waals surface area contributed by atoms with Crippen LogP contribution < -0.4 is 5.73 Å². The van der Waals surface area contributed by atoms with E-state index in [4.69, 9.17) is 5.73 Å². The number of nitrogen functional groups attached to an aromatic ring is 1. The summed E-state index contributed by atoms with van der Waals surface area (Å²) in [6.45, 7) is 0. The van der Waals surface area contributed by atoms with Crippen LogP contribution in [0.1, 0.15) is 11.3 Å². The molecule has 2 aromatic heterocycles. The van der Waals surface area contributed by atoms with Crippen LogP contribution in [-0.4, -0.2) is 9.97 Å². The highest BCUT2D eigenvalue weighted by atomic mass is 19.4. The van der Waals surface area contributed by atoms with Crippen molar-refractivity contribution in [3.63, 3.8) is 0 Å². The molecule has 0 radical (unpaired) electrons. The SMILES string of the molecule is Nc1cnc(-c2ccc(C(F)(F)F)nc2)c(C(F)(F)F)c1. The summed E-state index contributed by atoms with van der Waals surface area (Å²) < 4.78 is 75.8. The minimum atomic E-state index is -4.74. The molecule has 2 rings (SSSR count). The van der Waals surface area contributed by atoms with Crippen molar-refractivity contribution in [1.82, 2.24) is 9.97 Å². The van der Waals surface area contributed by atoms with Crippen LogP contribution in [-0.2, 0) is 12.4 Å². The number of aromatic nitrogens is 2. The van der Waals surface area contributed by atoms with Gasteiger partial charge in [0.1, 0.15) is 5.69 Å². The van der Waals surface area contributed by atoms with Gasteiger partial charge in [-0.1, -0.05) is 0 Å². The summed E-state index contributed by atoms with van der Waals surface area (Å²) in [5.41, 5.74) is 2.01. The molecule has 0 spiro atoms. The van der Waals surface area contributed by atoms with Gasteiger partial charge in [-0.05, 0) is 18.2 Å². The predicted octanol–water partition coefficient (Wildman–Crippen LogP) is 3.76. The van der Waals surface area contributed by atoms with Gasteiger partial charge in [-0.15, -0.1) is 0 Å². The maximum atomic E-state index is 12.9. The van der Waals surface area contributed by atoms with Crippen LogP contribution in [0.2, 0.25) is 0 Å². The van der Waals surface area contributed by atoms with Crippen LogP contribution in [0, 0.1) is 0 Å². The van der Waals surface area contributed by atoms with E-state index in [9.17, 15) is 26.3 Å². The van der Waals surface area contributed by atoms with Crippen LogP contribution in [0.5, 0.6) is 0 Å². The van der Waals surface area contributed by atoms with Gasteiger partial charge in [-0.25, -0.2) is 0 Å². The fraction of sp³-hybridized carbons (Fsp3) is 0.167. The van der Waals surface area contributed by atoms with Crippen LogP contribution in [0.4, 0.5) is 32.0 Å². The molecule has 0 aliphatic carbocycles. The highest BCUT2D eigenvalue weighted by Gasteiger charge is 2.36. The molecule has 0 aliphatic rings. The summed E-state index contributed by atoms with van der Waals surface area (Å²) in [6.07, 6.45) is -7.72. The van der Waals surface area contributed by atoms with Crippen molar-refractivity contribution in [2.45, 2.75) is 12.4 Å². The number of halogens is 6. The second kappa shape index (κ2) is 4.90. The molecule has 2 heterocycles. The molecule has 3 nitrogen and oxygen atoms in total. The molecular formula is C12H7F6N3. The first kappa shape index (κ1) is 15.1. The van der Waals surface area contributed by atoms with E-state index in [1.807, 2.05) is 0 Å². The van der Waals surface area contributed by atoms with Crippen LogP contribution in [0.15, 0.2) is 30.6 Å². The van der Waals surface area contributed by atoms with Gasteiger partial charge in [0.05, 0.1) is 23.1 Å².